The zero-order chi connectivity index (χ0) is 22.1. The Morgan fingerprint density at radius 2 is 1.88 bits per heavy atom. The van der Waals surface area contributed by atoms with Gasteiger partial charge in [0.15, 0.2) is 0 Å². The highest BCUT2D eigenvalue weighted by atomic mass is 79.9. The quantitative estimate of drug-likeness (QED) is 0.415. The molecule has 32 heavy (non-hydrogen) atoms. The number of benzene rings is 2. The van der Waals surface area contributed by atoms with Crippen molar-refractivity contribution in [2.75, 3.05) is 6.54 Å². The summed E-state index contributed by atoms with van der Waals surface area (Å²) >= 11 is 3.53. The van der Waals surface area contributed by atoms with Crippen molar-refractivity contribution in [3.8, 4) is 11.6 Å². The Labute approximate surface area is 194 Å². The SMILES string of the molecule is CC1CCC(Oc2nccc3ccc(Br)cc23)CN1C(=O)c1ccccc1-n1nccn1. The number of fused-ring (bicyclic) bond motifs is 1. The van der Waals surface area contributed by atoms with Gasteiger partial charge in [-0.1, -0.05) is 34.1 Å². The number of halogens is 1. The number of piperidine rings is 1. The molecule has 0 saturated carbocycles. The Hall–Kier alpha value is -3.26. The summed E-state index contributed by atoms with van der Waals surface area (Å²) < 4.78 is 7.31. The average molecular weight is 492 g/mol. The number of ether oxygens (including phenoxy) is 1. The third-order valence-corrected chi connectivity index (χ3v) is 6.33. The Balaban J connectivity index is 1.40. The second kappa shape index (κ2) is 8.70. The fourth-order valence-electron chi connectivity index (χ4n) is 4.14. The van der Waals surface area contributed by atoms with Gasteiger partial charge in [-0.3, -0.25) is 4.79 Å². The van der Waals surface area contributed by atoms with Crippen LogP contribution in [-0.4, -0.2) is 49.5 Å². The highest BCUT2D eigenvalue weighted by molar-refractivity contribution is 9.10. The number of rotatable bonds is 4. The fraction of sp³-hybridized carbons (Fsp3) is 0.250. The Morgan fingerprint density at radius 1 is 1.06 bits per heavy atom. The van der Waals surface area contributed by atoms with Crippen molar-refractivity contribution in [2.24, 2.45) is 0 Å². The number of para-hydroxylation sites is 1. The number of hydrogen-bond acceptors (Lipinski definition) is 5. The largest absolute Gasteiger partial charge is 0.472 e. The molecule has 2 aromatic carbocycles. The van der Waals surface area contributed by atoms with Gasteiger partial charge in [-0.05, 0) is 55.5 Å². The van der Waals surface area contributed by atoms with E-state index in [0.29, 0.717) is 23.7 Å². The molecule has 1 saturated heterocycles. The lowest BCUT2D eigenvalue weighted by Gasteiger charge is -2.38. The summed E-state index contributed by atoms with van der Waals surface area (Å²) in [6.07, 6.45) is 6.54. The molecule has 4 aromatic rings. The monoisotopic (exact) mass is 491 g/mol. The number of hydrogen-bond donors (Lipinski definition) is 0. The van der Waals surface area contributed by atoms with Crippen molar-refractivity contribution in [1.82, 2.24) is 24.9 Å². The Bertz CT molecular complexity index is 1260. The summed E-state index contributed by atoms with van der Waals surface area (Å²) in [7, 11) is 0. The van der Waals surface area contributed by atoms with E-state index in [4.69, 9.17) is 4.74 Å². The smallest absolute Gasteiger partial charge is 0.256 e. The van der Waals surface area contributed by atoms with Crippen molar-refractivity contribution < 1.29 is 9.53 Å². The van der Waals surface area contributed by atoms with Gasteiger partial charge in [0.2, 0.25) is 5.88 Å². The van der Waals surface area contributed by atoms with Crippen molar-refractivity contribution in [2.45, 2.75) is 31.9 Å². The molecule has 0 spiro atoms. The van der Waals surface area contributed by atoms with Crippen LogP contribution >= 0.6 is 15.9 Å². The summed E-state index contributed by atoms with van der Waals surface area (Å²) in [6, 6.07) is 15.5. The maximum absolute atomic E-state index is 13.6. The topological polar surface area (TPSA) is 73.1 Å². The molecule has 8 heteroatoms. The fourth-order valence-corrected chi connectivity index (χ4v) is 4.50. The number of likely N-dealkylation sites (tertiary alicyclic amines) is 1. The van der Waals surface area contributed by atoms with Crippen LogP contribution in [0.1, 0.15) is 30.1 Å². The highest BCUT2D eigenvalue weighted by Crippen LogP contribution is 2.30. The Kier molecular flexibility index (Phi) is 5.61. The van der Waals surface area contributed by atoms with Gasteiger partial charge in [-0.15, -0.1) is 0 Å². The van der Waals surface area contributed by atoms with Crippen LogP contribution in [0.3, 0.4) is 0 Å². The van der Waals surface area contributed by atoms with Gasteiger partial charge in [-0.25, -0.2) is 4.98 Å². The molecule has 1 aliphatic heterocycles. The molecule has 0 aliphatic carbocycles. The van der Waals surface area contributed by atoms with Gasteiger partial charge in [0.25, 0.3) is 5.91 Å². The van der Waals surface area contributed by atoms with Crippen LogP contribution in [0, 0.1) is 0 Å². The second-order valence-corrected chi connectivity index (χ2v) is 8.86. The minimum Gasteiger partial charge on any atom is -0.472 e. The molecule has 0 radical (unpaired) electrons. The van der Waals surface area contributed by atoms with Crippen molar-refractivity contribution in [1.29, 1.82) is 0 Å². The predicted molar refractivity (Wildman–Crippen MR) is 125 cm³/mol. The van der Waals surface area contributed by atoms with E-state index >= 15 is 0 Å². The van der Waals surface area contributed by atoms with E-state index in [-0.39, 0.29) is 18.1 Å². The van der Waals surface area contributed by atoms with Crippen molar-refractivity contribution >= 4 is 32.6 Å². The molecule has 2 atom stereocenters. The normalized spacial score (nSPS) is 18.6. The van der Waals surface area contributed by atoms with E-state index < -0.39 is 0 Å². The summed E-state index contributed by atoms with van der Waals surface area (Å²) in [5, 5.41) is 10.4. The molecule has 3 heterocycles. The lowest BCUT2D eigenvalue weighted by molar-refractivity contribution is 0.0377. The van der Waals surface area contributed by atoms with Crippen LogP contribution in [0.15, 0.2) is 71.6 Å². The van der Waals surface area contributed by atoms with Crippen LogP contribution in [0.25, 0.3) is 16.5 Å². The highest BCUT2D eigenvalue weighted by Gasteiger charge is 2.32. The predicted octanol–water partition coefficient (Wildman–Crippen LogP) is 4.65. The van der Waals surface area contributed by atoms with Crippen molar-refractivity contribution in [3.05, 3.63) is 77.2 Å². The van der Waals surface area contributed by atoms with Crippen LogP contribution in [0.2, 0.25) is 0 Å². The van der Waals surface area contributed by atoms with E-state index in [9.17, 15) is 4.79 Å². The molecule has 1 fully saturated rings. The lowest BCUT2D eigenvalue weighted by atomic mass is 9.99. The molecule has 162 valence electrons. The maximum atomic E-state index is 13.6. The molecule has 2 unspecified atom stereocenters. The second-order valence-electron chi connectivity index (χ2n) is 7.94. The summed E-state index contributed by atoms with van der Waals surface area (Å²) in [5.74, 6) is 0.546. The summed E-state index contributed by atoms with van der Waals surface area (Å²) in [6.45, 7) is 2.57. The zero-order valence-corrected chi connectivity index (χ0v) is 19.1. The molecular weight excluding hydrogens is 470 g/mol. The molecule has 7 nitrogen and oxygen atoms in total. The average Bonchev–Trinajstić information content (AvgIpc) is 3.35. The number of pyridine rings is 1. The minimum absolute atomic E-state index is 0.0488. The number of carbonyl (C=O) groups is 1. The van der Waals surface area contributed by atoms with E-state index in [0.717, 1.165) is 28.1 Å². The third-order valence-electron chi connectivity index (χ3n) is 5.84. The van der Waals surface area contributed by atoms with E-state index in [1.165, 1.54) is 4.80 Å². The lowest BCUT2D eigenvalue weighted by Crippen LogP contribution is -2.49. The van der Waals surface area contributed by atoms with Crippen LogP contribution < -0.4 is 4.74 Å². The van der Waals surface area contributed by atoms with Crippen LogP contribution in [0.4, 0.5) is 0 Å². The molecule has 0 bridgehead atoms. The number of aromatic nitrogens is 4. The first-order valence-corrected chi connectivity index (χ1v) is 11.4. The molecule has 1 amide bonds. The minimum atomic E-state index is -0.137. The van der Waals surface area contributed by atoms with Gasteiger partial charge < -0.3 is 9.64 Å². The molecular formula is C24H22BrN5O2. The van der Waals surface area contributed by atoms with Gasteiger partial charge in [0.1, 0.15) is 6.10 Å². The van der Waals surface area contributed by atoms with Gasteiger partial charge in [0.05, 0.1) is 30.2 Å². The third kappa shape index (κ3) is 3.98. The standard InChI is InChI=1S/C24H22BrN5O2/c1-16-6-9-19(32-23-21-14-18(25)8-7-17(21)10-11-26-23)15-29(16)24(31)20-4-2-3-5-22(20)30-27-12-13-28-30/h2-5,7-8,10-14,16,19H,6,9,15H2,1H3. The first-order valence-electron chi connectivity index (χ1n) is 10.6. The number of carbonyl (C=O) groups excluding carboxylic acids is 1. The first kappa shape index (κ1) is 20.6. The van der Waals surface area contributed by atoms with E-state index in [2.05, 4.69) is 38.0 Å². The van der Waals surface area contributed by atoms with E-state index in [1.807, 2.05) is 53.4 Å². The van der Waals surface area contributed by atoms with Crippen LogP contribution in [0.5, 0.6) is 5.88 Å². The van der Waals surface area contributed by atoms with Gasteiger partial charge >= 0.3 is 0 Å². The summed E-state index contributed by atoms with van der Waals surface area (Å²) in [5.41, 5.74) is 1.24. The molecule has 1 aliphatic rings. The van der Waals surface area contributed by atoms with E-state index in [1.54, 1.807) is 18.6 Å². The molecule has 2 aromatic heterocycles. The zero-order valence-electron chi connectivity index (χ0n) is 17.6. The Morgan fingerprint density at radius 3 is 2.72 bits per heavy atom. The number of nitrogens with zero attached hydrogens (tertiary/aromatic N) is 5. The molecule has 5 rings (SSSR count). The maximum Gasteiger partial charge on any atom is 0.256 e. The first-order chi connectivity index (χ1) is 15.6. The van der Waals surface area contributed by atoms with Crippen molar-refractivity contribution in [3.63, 3.8) is 0 Å². The van der Waals surface area contributed by atoms with Gasteiger partial charge in [-0.2, -0.15) is 15.0 Å². The number of amides is 1. The van der Waals surface area contributed by atoms with Crippen LogP contribution in [-0.2, 0) is 0 Å². The van der Waals surface area contributed by atoms with Gasteiger partial charge in [0, 0.05) is 22.1 Å². The molecule has 0 N–H and O–H groups in total. The summed E-state index contributed by atoms with van der Waals surface area (Å²) in [4.78, 5) is 21.4.